The lowest BCUT2D eigenvalue weighted by Crippen LogP contribution is -1.95. The van der Waals surface area contributed by atoms with Gasteiger partial charge in [-0.2, -0.15) is 0 Å². The zero-order chi connectivity index (χ0) is 13.3. The van der Waals surface area contributed by atoms with Gasteiger partial charge in [0.2, 0.25) is 5.01 Å². The number of rotatable bonds is 3. The minimum Gasteiger partial charge on any atom is -0.476 e. The predicted octanol–water partition coefficient (Wildman–Crippen LogP) is 3.94. The molecule has 0 saturated heterocycles. The highest BCUT2D eigenvalue weighted by Crippen LogP contribution is 2.28. The summed E-state index contributed by atoms with van der Waals surface area (Å²) in [6.07, 6.45) is 0. The van der Waals surface area contributed by atoms with E-state index in [-0.39, 0.29) is 5.01 Å². The summed E-state index contributed by atoms with van der Waals surface area (Å²) >= 11 is 1.16. The molecule has 0 bridgehead atoms. The molecule has 1 heterocycles. The number of hydrogen-bond acceptors (Lipinski definition) is 3. The molecule has 94 valence electrons. The van der Waals surface area contributed by atoms with Crippen LogP contribution in [0.15, 0.2) is 23.6 Å². The monoisotopic (exact) mass is 261 g/mol. The van der Waals surface area contributed by atoms with Crippen molar-refractivity contribution in [3.05, 3.63) is 39.7 Å². The van der Waals surface area contributed by atoms with Crippen molar-refractivity contribution in [1.82, 2.24) is 4.98 Å². The number of aromatic carboxylic acids is 1. The number of carbonyl (C=O) groups is 1. The molecule has 0 unspecified atom stereocenters. The first-order valence-electron chi connectivity index (χ1n) is 5.78. The Labute approximate surface area is 110 Å². The van der Waals surface area contributed by atoms with Crippen molar-refractivity contribution < 1.29 is 9.90 Å². The molecule has 2 aromatic rings. The number of thiazole rings is 1. The molecule has 0 radical (unpaired) electrons. The fraction of sp³-hybridized carbons (Fsp3) is 0.286. The number of carboxylic acids is 1. The second-order valence-electron chi connectivity index (χ2n) is 4.57. The van der Waals surface area contributed by atoms with E-state index in [1.165, 1.54) is 5.56 Å². The number of benzene rings is 1. The number of aromatic nitrogens is 1. The van der Waals surface area contributed by atoms with E-state index < -0.39 is 5.97 Å². The van der Waals surface area contributed by atoms with E-state index in [2.05, 4.69) is 37.0 Å². The van der Waals surface area contributed by atoms with Crippen molar-refractivity contribution in [3.63, 3.8) is 0 Å². The second kappa shape index (κ2) is 4.90. The van der Waals surface area contributed by atoms with Crippen molar-refractivity contribution in [2.24, 2.45) is 0 Å². The summed E-state index contributed by atoms with van der Waals surface area (Å²) in [6, 6.07) is 6.26. The van der Waals surface area contributed by atoms with Crippen LogP contribution < -0.4 is 0 Å². The molecule has 0 spiro atoms. The summed E-state index contributed by atoms with van der Waals surface area (Å²) in [7, 11) is 0. The van der Waals surface area contributed by atoms with Gasteiger partial charge in [-0.25, -0.2) is 9.78 Å². The average molecular weight is 261 g/mol. The standard InChI is InChI=1S/C14H15NO2S/c1-8(2)10-5-4-9(3)11(6-10)12-7-18-13(15-12)14(16)17/h4-8H,1-3H3,(H,16,17). The number of aryl methyl sites for hydroxylation is 1. The minimum absolute atomic E-state index is 0.138. The molecule has 3 nitrogen and oxygen atoms in total. The Hall–Kier alpha value is -1.68. The fourth-order valence-electron chi connectivity index (χ4n) is 1.77. The van der Waals surface area contributed by atoms with E-state index in [0.717, 1.165) is 28.2 Å². The smallest absolute Gasteiger partial charge is 0.365 e. The topological polar surface area (TPSA) is 50.2 Å². The van der Waals surface area contributed by atoms with Crippen molar-refractivity contribution in [1.29, 1.82) is 0 Å². The van der Waals surface area contributed by atoms with E-state index in [1.54, 1.807) is 5.38 Å². The molecule has 1 N–H and O–H groups in total. The van der Waals surface area contributed by atoms with Crippen LogP contribution in [0, 0.1) is 6.92 Å². The van der Waals surface area contributed by atoms with Gasteiger partial charge in [-0.05, 0) is 30.0 Å². The third kappa shape index (κ3) is 2.43. The van der Waals surface area contributed by atoms with Crippen LogP contribution in [-0.2, 0) is 0 Å². The molecule has 0 saturated carbocycles. The molecule has 0 aliphatic carbocycles. The number of hydrogen-bond donors (Lipinski definition) is 1. The molecule has 1 aromatic carbocycles. The lowest BCUT2D eigenvalue weighted by molar-refractivity contribution is 0.0696. The lowest BCUT2D eigenvalue weighted by Gasteiger charge is -2.09. The summed E-state index contributed by atoms with van der Waals surface area (Å²) in [5, 5.41) is 10.8. The van der Waals surface area contributed by atoms with Crippen LogP contribution in [-0.4, -0.2) is 16.1 Å². The molecule has 0 amide bonds. The van der Waals surface area contributed by atoms with Gasteiger partial charge < -0.3 is 5.11 Å². The minimum atomic E-state index is -0.969. The van der Waals surface area contributed by atoms with Crippen molar-refractivity contribution in [3.8, 4) is 11.3 Å². The molecular weight excluding hydrogens is 246 g/mol. The van der Waals surface area contributed by atoms with Gasteiger partial charge in [0.15, 0.2) is 0 Å². The maximum absolute atomic E-state index is 10.9. The fourth-order valence-corrected chi connectivity index (χ4v) is 2.43. The maximum atomic E-state index is 10.9. The highest BCUT2D eigenvalue weighted by atomic mass is 32.1. The van der Waals surface area contributed by atoms with Crippen molar-refractivity contribution in [2.75, 3.05) is 0 Å². The molecular formula is C14H15NO2S. The Morgan fingerprint density at radius 3 is 2.67 bits per heavy atom. The zero-order valence-corrected chi connectivity index (χ0v) is 11.4. The summed E-state index contributed by atoms with van der Waals surface area (Å²) < 4.78 is 0. The summed E-state index contributed by atoms with van der Waals surface area (Å²) in [5.41, 5.74) is 4.12. The summed E-state index contributed by atoms with van der Waals surface area (Å²) in [4.78, 5) is 15.0. The number of carboxylic acid groups (broad SMARTS) is 1. The highest BCUT2D eigenvalue weighted by Gasteiger charge is 2.12. The average Bonchev–Trinajstić information content (AvgIpc) is 2.78. The molecule has 0 aliphatic rings. The van der Waals surface area contributed by atoms with Crippen molar-refractivity contribution in [2.45, 2.75) is 26.7 Å². The summed E-state index contributed by atoms with van der Waals surface area (Å²) in [6.45, 7) is 6.29. The van der Waals surface area contributed by atoms with Gasteiger partial charge in [0.05, 0.1) is 5.69 Å². The van der Waals surface area contributed by atoms with Crippen LogP contribution in [0.4, 0.5) is 0 Å². The van der Waals surface area contributed by atoms with Gasteiger partial charge in [0, 0.05) is 10.9 Å². The van der Waals surface area contributed by atoms with Gasteiger partial charge in [0.25, 0.3) is 0 Å². The van der Waals surface area contributed by atoms with E-state index in [1.807, 2.05) is 6.92 Å². The van der Waals surface area contributed by atoms with Crippen LogP contribution in [0.3, 0.4) is 0 Å². The normalized spacial score (nSPS) is 10.9. The third-order valence-corrected chi connectivity index (χ3v) is 3.72. The molecule has 2 rings (SSSR count). The van der Waals surface area contributed by atoms with E-state index in [0.29, 0.717) is 5.92 Å². The first kappa shape index (κ1) is 12.8. The van der Waals surface area contributed by atoms with Gasteiger partial charge >= 0.3 is 5.97 Å². The van der Waals surface area contributed by atoms with Crippen LogP contribution in [0.5, 0.6) is 0 Å². The first-order valence-corrected chi connectivity index (χ1v) is 6.66. The molecule has 0 aliphatic heterocycles. The Balaban J connectivity index is 2.48. The molecule has 0 fully saturated rings. The Bertz CT molecular complexity index is 587. The molecule has 1 aromatic heterocycles. The highest BCUT2D eigenvalue weighted by molar-refractivity contribution is 7.11. The quantitative estimate of drug-likeness (QED) is 0.910. The second-order valence-corrected chi connectivity index (χ2v) is 5.43. The van der Waals surface area contributed by atoms with E-state index in [4.69, 9.17) is 5.11 Å². The summed E-state index contributed by atoms with van der Waals surface area (Å²) in [5.74, 6) is -0.522. The first-order chi connectivity index (χ1) is 8.49. The van der Waals surface area contributed by atoms with Gasteiger partial charge in [-0.15, -0.1) is 11.3 Å². The Kier molecular flexibility index (Phi) is 3.48. The third-order valence-electron chi connectivity index (χ3n) is 2.89. The zero-order valence-electron chi connectivity index (χ0n) is 10.6. The van der Waals surface area contributed by atoms with Gasteiger partial charge in [0.1, 0.15) is 0 Å². The maximum Gasteiger partial charge on any atom is 0.365 e. The van der Waals surface area contributed by atoms with E-state index >= 15 is 0 Å². The predicted molar refractivity (Wildman–Crippen MR) is 73.3 cm³/mol. The van der Waals surface area contributed by atoms with Crippen LogP contribution in [0.25, 0.3) is 11.3 Å². The Morgan fingerprint density at radius 1 is 1.39 bits per heavy atom. The van der Waals surface area contributed by atoms with Gasteiger partial charge in [-0.3, -0.25) is 0 Å². The van der Waals surface area contributed by atoms with E-state index in [9.17, 15) is 4.79 Å². The SMILES string of the molecule is Cc1ccc(C(C)C)cc1-c1csc(C(=O)O)n1. The Morgan fingerprint density at radius 2 is 2.11 bits per heavy atom. The van der Waals surface area contributed by atoms with Crippen LogP contribution in [0.1, 0.15) is 40.7 Å². The van der Waals surface area contributed by atoms with Crippen LogP contribution in [0.2, 0.25) is 0 Å². The molecule has 4 heteroatoms. The number of nitrogens with zero attached hydrogens (tertiary/aromatic N) is 1. The van der Waals surface area contributed by atoms with Crippen molar-refractivity contribution >= 4 is 17.3 Å². The molecule has 0 atom stereocenters. The molecule has 18 heavy (non-hydrogen) atoms. The van der Waals surface area contributed by atoms with Gasteiger partial charge in [-0.1, -0.05) is 26.0 Å². The van der Waals surface area contributed by atoms with Crippen LogP contribution >= 0.6 is 11.3 Å². The lowest BCUT2D eigenvalue weighted by atomic mass is 9.97. The largest absolute Gasteiger partial charge is 0.476 e.